The summed E-state index contributed by atoms with van der Waals surface area (Å²) in [7, 11) is 1.93. The number of aromatic amines is 1. The summed E-state index contributed by atoms with van der Waals surface area (Å²) in [4.78, 5) is 5.21. The summed E-state index contributed by atoms with van der Waals surface area (Å²) in [5, 5.41) is 11.5. The van der Waals surface area contributed by atoms with E-state index in [1.54, 1.807) is 0 Å². The molecule has 96 valence electrons. The number of aryl methyl sites for hydroxylation is 1. The highest BCUT2D eigenvalue weighted by Gasteiger charge is 2.09. The van der Waals surface area contributed by atoms with Crippen LogP contribution in [0.3, 0.4) is 0 Å². The minimum Gasteiger partial charge on any atom is -0.313 e. The highest BCUT2D eigenvalue weighted by atomic mass is 35.5. The van der Waals surface area contributed by atoms with Gasteiger partial charge in [0.2, 0.25) is 5.16 Å². The van der Waals surface area contributed by atoms with Gasteiger partial charge in [-0.05, 0) is 50.4 Å². The Morgan fingerprint density at radius 2 is 2.22 bits per heavy atom. The van der Waals surface area contributed by atoms with E-state index in [0.717, 1.165) is 21.3 Å². The van der Waals surface area contributed by atoms with Gasteiger partial charge in [-0.3, -0.25) is 5.10 Å². The fraction of sp³-hybridized carbons (Fsp3) is 0.333. The molecule has 0 saturated carbocycles. The lowest BCUT2D eigenvalue weighted by atomic mass is 10.1. The average molecular weight is 283 g/mol. The maximum absolute atomic E-state index is 6.27. The number of nitrogens with zero attached hydrogens (tertiary/aromatic N) is 2. The van der Waals surface area contributed by atoms with Crippen LogP contribution in [0.2, 0.25) is 5.02 Å². The standard InChI is InChI=1S/C12H15ClN4S/c1-7(14-3)9-4-5-11(10(13)6-9)18-12-15-8(2)16-17-12/h4-7,14H,1-3H3,(H,15,16,17). The Morgan fingerprint density at radius 3 is 2.78 bits per heavy atom. The second-order valence-corrected chi connectivity index (χ2v) is 5.42. The van der Waals surface area contributed by atoms with Gasteiger partial charge in [-0.2, -0.15) is 0 Å². The van der Waals surface area contributed by atoms with Crippen LogP contribution < -0.4 is 5.32 Å². The molecule has 2 aromatic rings. The van der Waals surface area contributed by atoms with Crippen LogP contribution in [0.15, 0.2) is 28.3 Å². The van der Waals surface area contributed by atoms with Gasteiger partial charge in [0.15, 0.2) is 0 Å². The van der Waals surface area contributed by atoms with Gasteiger partial charge in [0.1, 0.15) is 5.82 Å². The molecule has 1 aromatic carbocycles. The fourth-order valence-electron chi connectivity index (χ4n) is 1.50. The third kappa shape index (κ3) is 3.04. The largest absolute Gasteiger partial charge is 0.313 e. The van der Waals surface area contributed by atoms with Crippen molar-refractivity contribution in [2.45, 2.75) is 29.9 Å². The molecular weight excluding hydrogens is 268 g/mol. The summed E-state index contributed by atoms with van der Waals surface area (Å²) in [5.41, 5.74) is 1.16. The topological polar surface area (TPSA) is 53.6 Å². The molecule has 0 radical (unpaired) electrons. The first kappa shape index (κ1) is 13.4. The van der Waals surface area contributed by atoms with Crippen LogP contribution in [0, 0.1) is 6.92 Å². The zero-order valence-corrected chi connectivity index (χ0v) is 12.1. The van der Waals surface area contributed by atoms with Crippen LogP contribution in [0.1, 0.15) is 24.4 Å². The first-order chi connectivity index (χ1) is 8.60. The number of hydrogen-bond acceptors (Lipinski definition) is 4. The quantitative estimate of drug-likeness (QED) is 0.904. The van der Waals surface area contributed by atoms with Gasteiger partial charge in [-0.1, -0.05) is 17.7 Å². The van der Waals surface area contributed by atoms with Crippen LogP contribution in [0.4, 0.5) is 0 Å². The predicted molar refractivity (Wildman–Crippen MR) is 74.2 cm³/mol. The minimum absolute atomic E-state index is 0.285. The maximum Gasteiger partial charge on any atom is 0.213 e. The Kier molecular flexibility index (Phi) is 4.27. The summed E-state index contributed by atoms with van der Waals surface area (Å²) in [6.45, 7) is 3.97. The number of aromatic nitrogens is 3. The van der Waals surface area contributed by atoms with Crippen molar-refractivity contribution in [2.75, 3.05) is 7.05 Å². The molecule has 1 atom stereocenters. The highest BCUT2D eigenvalue weighted by molar-refractivity contribution is 7.99. The van der Waals surface area contributed by atoms with E-state index < -0.39 is 0 Å². The Morgan fingerprint density at radius 1 is 1.44 bits per heavy atom. The third-order valence-corrected chi connectivity index (χ3v) is 4.03. The van der Waals surface area contributed by atoms with Gasteiger partial charge < -0.3 is 5.32 Å². The fourth-order valence-corrected chi connectivity index (χ4v) is 2.57. The summed E-state index contributed by atoms with van der Waals surface area (Å²) in [6, 6.07) is 6.33. The van der Waals surface area contributed by atoms with E-state index in [-0.39, 0.29) is 6.04 Å². The van der Waals surface area contributed by atoms with Gasteiger partial charge in [0.25, 0.3) is 0 Å². The zero-order chi connectivity index (χ0) is 13.1. The van der Waals surface area contributed by atoms with Gasteiger partial charge >= 0.3 is 0 Å². The van der Waals surface area contributed by atoms with E-state index in [4.69, 9.17) is 11.6 Å². The number of benzene rings is 1. The molecule has 6 heteroatoms. The SMILES string of the molecule is CNC(C)c1ccc(Sc2n[nH]c(C)n2)c(Cl)c1. The summed E-state index contributed by atoms with van der Waals surface area (Å²) in [5.74, 6) is 0.800. The van der Waals surface area contributed by atoms with Crippen molar-refractivity contribution < 1.29 is 0 Å². The minimum atomic E-state index is 0.285. The lowest BCUT2D eigenvalue weighted by Gasteiger charge is -2.12. The summed E-state index contributed by atoms with van der Waals surface area (Å²) in [6.07, 6.45) is 0. The van der Waals surface area contributed by atoms with Crippen molar-refractivity contribution in [2.24, 2.45) is 0 Å². The van der Waals surface area contributed by atoms with Gasteiger partial charge in [-0.15, -0.1) is 5.10 Å². The molecular formula is C12H15ClN4S. The second-order valence-electron chi connectivity index (χ2n) is 4.01. The zero-order valence-electron chi connectivity index (χ0n) is 10.5. The second kappa shape index (κ2) is 5.73. The van der Waals surface area contributed by atoms with E-state index in [2.05, 4.69) is 33.5 Å². The molecule has 1 heterocycles. The van der Waals surface area contributed by atoms with E-state index in [9.17, 15) is 0 Å². The first-order valence-corrected chi connectivity index (χ1v) is 6.83. The molecule has 2 N–H and O–H groups in total. The Balaban J connectivity index is 2.19. The lowest BCUT2D eigenvalue weighted by Crippen LogP contribution is -2.12. The molecule has 2 rings (SSSR count). The molecule has 0 aliphatic carbocycles. The summed E-state index contributed by atoms with van der Waals surface area (Å²) >= 11 is 7.73. The van der Waals surface area contributed by atoms with Crippen molar-refractivity contribution in [3.63, 3.8) is 0 Å². The molecule has 18 heavy (non-hydrogen) atoms. The van der Waals surface area contributed by atoms with Gasteiger partial charge in [0, 0.05) is 10.9 Å². The van der Waals surface area contributed by atoms with Gasteiger partial charge in [0.05, 0.1) is 5.02 Å². The van der Waals surface area contributed by atoms with Crippen molar-refractivity contribution in [1.82, 2.24) is 20.5 Å². The monoisotopic (exact) mass is 282 g/mol. The van der Waals surface area contributed by atoms with Crippen molar-refractivity contribution in [3.8, 4) is 0 Å². The molecule has 0 bridgehead atoms. The Hall–Kier alpha value is -1.04. The van der Waals surface area contributed by atoms with Crippen LogP contribution in [0.5, 0.6) is 0 Å². The maximum atomic E-state index is 6.27. The van der Waals surface area contributed by atoms with Crippen LogP contribution in [-0.4, -0.2) is 22.2 Å². The molecule has 0 saturated heterocycles. The first-order valence-electron chi connectivity index (χ1n) is 5.63. The van der Waals surface area contributed by atoms with Crippen LogP contribution in [0.25, 0.3) is 0 Å². The molecule has 0 spiro atoms. The molecule has 1 unspecified atom stereocenters. The molecule has 0 fully saturated rings. The summed E-state index contributed by atoms with van der Waals surface area (Å²) < 4.78 is 0. The van der Waals surface area contributed by atoms with E-state index in [0.29, 0.717) is 5.16 Å². The molecule has 0 aliphatic heterocycles. The number of H-pyrrole nitrogens is 1. The lowest BCUT2D eigenvalue weighted by molar-refractivity contribution is 0.652. The van der Waals surface area contributed by atoms with Crippen molar-refractivity contribution in [1.29, 1.82) is 0 Å². The number of rotatable bonds is 4. The average Bonchev–Trinajstić information content (AvgIpc) is 2.76. The third-order valence-electron chi connectivity index (χ3n) is 2.67. The number of hydrogen-bond donors (Lipinski definition) is 2. The van der Waals surface area contributed by atoms with E-state index >= 15 is 0 Å². The number of halogens is 1. The molecule has 1 aromatic heterocycles. The van der Waals surface area contributed by atoms with E-state index in [1.165, 1.54) is 11.8 Å². The Bertz CT molecular complexity index is 541. The van der Waals surface area contributed by atoms with Gasteiger partial charge in [-0.25, -0.2) is 4.98 Å². The van der Waals surface area contributed by atoms with Crippen LogP contribution >= 0.6 is 23.4 Å². The smallest absolute Gasteiger partial charge is 0.213 e. The van der Waals surface area contributed by atoms with Crippen molar-refractivity contribution in [3.05, 3.63) is 34.6 Å². The number of nitrogens with one attached hydrogen (secondary N) is 2. The predicted octanol–water partition coefficient (Wildman–Crippen LogP) is 3.20. The normalized spacial score (nSPS) is 12.7. The van der Waals surface area contributed by atoms with Crippen LogP contribution in [-0.2, 0) is 0 Å². The Labute approximate surface area is 116 Å². The highest BCUT2D eigenvalue weighted by Crippen LogP contribution is 2.32. The molecule has 4 nitrogen and oxygen atoms in total. The van der Waals surface area contributed by atoms with E-state index in [1.807, 2.05) is 26.1 Å². The molecule has 0 aliphatic rings. The molecule has 0 amide bonds. The van der Waals surface area contributed by atoms with Crippen molar-refractivity contribution >= 4 is 23.4 Å².